The lowest BCUT2D eigenvalue weighted by molar-refractivity contribution is 0.157. The minimum absolute atomic E-state index is 0.139. The number of anilines is 1. The summed E-state index contributed by atoms with van der Waals surface area (Å²) in [7, 11) is 0. The molecule has 0 amide bonds. The first-order valence-corrected chi connectivity index (χ1v) is 7.29. The van der Waals surface area contributed by atoms with Gasteiger partial charge in [0.05, 0.1) is 12.6 Å². The molecule has 2 aromatic rings. The highest BCUT2D eigenvalue weighted by atomic mass is 16.3. The Morgan fingerprint density at radius 3 is 2.59 bits per heavy atom. The molecule has 0 aliphatic rings. The number of nitrogens with zero attached hydrogens (tertiary/aromatic N) is 2. The fraction of sp³-hybridized carbons (Fsp3) is 0.375. The molecule has 0 radical (unpaired) electrons. The number of aliphatic hydroxyl groups excluding tert-OH is 1. The zero-order chi connectivity index (χ0) is 16.1. The van der Waals surface area contributed by atoms with Crippen LogP contribution in [-0.4, -0.2) is 33.9 Å². The highest BCUT2D eigenvalue weighted by molar-refractivity contribution is 5.45. The van der Waals surface area contributed by atoms with Crippen molar-refractivity contribution in [3.63, 3.8) is 0 Å². The number of aliphatic hydroxyl groups is 1. The number of benzene rings is 1. The van der Waals surface area contributed by atoms with Crippen molar-refractivity contribution < 1.29 is 5.11 Å². The molecule has 22 heavy (non-hydrogen) atoms. The molecule has 2 N–H and O–H groups in total. The number of hydrogen-bond acceptors (Lipinski definition) is 4. The zero-order valence-electron chi connectivity index (χ0n) is 12.8. The molecule has 6 heteroatoms. The Bertz CT molecular complexity index is 721. The van der Waals surface area contributed by atoms with Gasteiger partial charge in [-0.3, -0.25) is 14.3 Å². The number of aromatic nitrogens is 2. The highest BCUT2D eigenvalue weighted by Gasteiger charge is 2.13. The van der Waals surface area contributed by atoms with Gasteiger partial charge in [0, 0.05) is 30.5 Å². The Hall–Kier alpha value is -2.34. The molecule has 0 saturated heterocycles. The number of rotatable bonds is 6. The standard InChI is InChI=1S/C16H21N3O3/c1-3-18(13-7-5-4-6-8-13)10-14(20)11-19-9-12(2)15(21)17-16(19)22/h4-9,14,20H,3,10-11H2,1-2H3,(H,17,21,22). The number of para-hydroxylation sites is 1. The number of hydrogen-bond donors (Lipinski definition) is 2. The summed E-state index contributed by atoms with van der Waals surface area (Å²) in [5.74, 6) is 0. The normalized spacial score (nSPS) is 12.1. The van der Waals surface area contributed by atoms with E-state index in [1.807, 2.05) is 42.2 Å². The number of nitrogens with one attached hydrogen (secondary N) is 1. The number of aromatic amines is 1. The van der Waals surface area contributed by atoms with E-state index in [1.54, 1.807) is 6.92 Å². The van der Waals surface area contributed by atoms with Crippen LogP contribution in [0, 0.1) is 6.92 Å². The summed E-state index contributed by atoms with van der Waals surface area (Å²) in [5, 5.41) is 10.3. The molecule has 0 aliphatic heterocycles. The predicted molar refractivity (Wildman–Crippen MR) is 86.4 cm³/mol. The van der Waals surface area contributed by atoms with Crippen molar-refractivity contribution in [3.8, 4) is 0 Å². The first-order chi connectivity index (χ1) is 10.5. The van der Waals surface area contributed by atoms with Gasteiger partial charge in [0.1, 0.15) is 0 Å². The lowest BCUT2D eigenvalue weighted by Gasteiger charge is -2.26. The molecule has 6 nitrogen and oxygen atoms in total. The molecule has 1 aromatic carbocycles. The van der Waals surface area contributed by atoms with Gasteiger partial charge >= 0.3 is 5.69 Å². The molecule has 1 atom stereocenters. The van der Waals surface area contributed by atoms with Crippen LogP contribution in [0.3, 0.4) is 0 Å². The van der Waals surface area contributed by atoms with Gasteiger partial charge in [-0.05, 0) is 26.0 Å². The zero-order valence-corrected chi connectivity index (χ0v) is 12.8. The Morgan fingerprint density at radius 2 is 1.95 bits per heavy atom. The van der Waals surface area contributed by atoms with Crippen LogP contribution in [0.1, 0.15) is 12.5 Å². The highest BCUT2D eigenvalue weighted by Crippen LogP contribution is 2.13. The Morgan fingerprint density at radius 1 is 1.27 bits per heavy atom. The molecule has 1 aromatic heterocycles. The van der Waals surface area contributed by atoms with Gasteiger partial charge in [0.2, 0.25) is 0 Å². The Labute approximate surface area is 128 Å². The lowest BCUT2D eigenvalue weighted by Crippen LogP contribution is -2.39. The first kappa shape index (κ1) is 16.0. The van der Waals surface area contributed by atoms with Crippen LogP contribution in [-0.2, 0) is 6.54 Å². The van der Waals surface area contributed by atoms with Crippen LogP contribution in [0.2, 0.25) is 0 Å². The summed E-state index contributed by atoms with van der Waals surface area (Å²) in [5.41, 5.74) is 0.573. The van der Waals surface area contributed by atoms with Gasteiger partial charge in [0.25, 0.3) is 5.56 Å². The third-order valence-electron chi connectivity index (χ3n) is 3.53. The van der Waals surface area contributed by atoms with E-state index in [9.17, 15) is 14.7 Å². The molecule has 0 aliphatic carbocycles. The van der Waals surface area contributed by atoms with Crippen LogP contribution >= 0.6 is 0 Å². The SMILES string of the molecule is CCN(CC(O)Cn1cc(C)c(=O)[nH]c1=O)c1ccccc1. The Balaban J connectivity index is 2.09. The largest absolute Gasteiger partial charge is 0.389 e. The van der Waals surface area contributed by atoms with Crippen molar-refractivity contribution in [2.45, 2.75) is 26.5 Å². The molecule has 0 spiro atoms. The molecule has 0 fully saturated rings. The average molecular weight is 303 g/mol. The van der Waals surface area contributed by atoms with E-state index in [4.69, 9.17) is 0 Å². The maximum absolute atomic E-state index is 11.7. The van der Waals surface area contributed by atoms with E-state index in [0.29, 0.717) is 12.1 Å². The summed E-state index contributed by atoms with van der Waals surface area (Å²) in [6.45, 7) is 4.94. The molecule has 0 saturated carbocycles. The van der Waals surface area contributed by atoms with Gasteiger partial charge in [-0.1, -0.05) is 18.2 Å². The van der Waals surface area contributed by atoms with E-state index in [1.165, 1.54) is 10.8 Å². The van der Waals surface area contributed by atoms with Gasteiger partial charge < -0.3 is 10.0 Å². The molecule has 1 unspecified atom stereocenters. The molecular weight excluding hydrogens is 282 g/mol. The Kier molecular flexibility index (Phi) is 5.16. The van der Waals surface area contributed by atoms with Crippen molar-refractivity contribution in [2.24, 2.45) is 0 Å². The van der Waals surface area contributed by atoms with Crippen LogP contribution in [0.15, 0.2) is 46.1 Å². The van der Waals surface area contributed by atoms with Gasteiger partial charge in [-0.15, -0.1) is 0 Å². The van der Waals surface area contributed by atoms with Crippen molar-refractivity contribution in [2.75, 3.05) is 18.0 Å². The lowest BCUT2D eigenvalue weighted by atomic mass is 10.2. The van der Waals surface area contributed by atoms with Gasteiger partial charge in [-0.2, -0.15) is 0 Å². The molecule has 1 heterocycles. The van der Waals surface area contributed by atoms with Crippen molar-refractivity contribution >= 4 is 5.69 Å². The fourth-order valence-corrected chi connectivity index (χ4v) is 2.35. The smallest absolute Gasteiger partial charge is 0.328 e. The molecular formula is C16H21N3O3. The van der Waals surface area contributed by atoms with E-state index in [0.717, 1.165) is 12.2 Å². The third-order valence-corrected chi connectivity index (χ3v) is 3.53. The summed E-state index contributed by atoms with van der Waals surface area (Å²) < 4.78 is 1.33. The second-order valence-corrected chi connectivity index (χ2v) is 5.25. The van der Waals surface area contributed by atoms with Gasteiger partial charge in [0.15, 0.2) is 0 Å². The number of H-pyrrole nitrogens is 1. The summed E-state index contributed by atoms with van der Waals surface area (Å²) in [4.78, 5) is 27.4. The summed E-state index contributed by atoms with van der Waals surface area (Å²) >= 11 is 0. The topological polar surface area (TPSA) is 78.3 Å². The quantitative estimate of drug-likeness (QED) is 0.825. The second-order valence-electron chi connectivity index (χ2n) is 5.25. The summed E-state index contributed by atoms with van der Waals surface area (Å²) in [6.07, 6.45) is 0.756. The van der Waals surface area contributed by atoms with E-state index in [-0.39, 0.29) is 6.54 Å². The maximum Gasteiger partial charge on any atom is 0.328 e. The maximum atomic E-state index is 11.7. The average Bonchev–Trinajstić information content (AvgIpc) is 2.51. The van der Waals surface area contributed by atoms with Crippen molar-refractivity contribution in [1.29, 1.82) is 0 Å². The minimum atomic E-state index is -0.719. The van der Waals surface area contributed by atoms with Gasteiger partial charge in [-0.25, -0.2) is 4.79 Å². The predicted octanol–water partition coefficient (Wildman–Crippen LogP) is 0.732. The molecule has 2 rings (SSSR count). The minimum Gasteiger partial charge on any atom is -0.389 e. The second kappa shape index (κ2) is 7.09. The van der Waals surface area contributed by atoms with Crippen LogP contribution in [0.4, 0.5) is 5.69 Å². The van der Waals surface area contributed by atoms with Crippen LogP contribution in [0.25, 0.3) is 0 Å². The fourth-order valence-electron chi connectivity index (χ4n) is 2.35. The number of likely N-dealkylation sites (N-methyl/N-ethyl adjacent to an activating group) is 1. The molecule has 0 bridgehead atoms. The van der Waals surface area contributed by atoms with E-state index in [2.05, 4.69) is 4.98 Å². The van der Waals surface area contributed by atoms with E-state index >= 15 is 0 Å². The third kappa shape index (κ3) is 3.85. The van der Waals surface area contributed by atoms with Crippen molar-refractivity contribution in [1.82, 2.24) is 9.55 Å². The molecule has 118 valence electrons. The first-order valence-electron chi connectivity index (χ1n) is 7.29. The van der Waals surface area contributed by atoms with Crippen molar-refractivity contribution in [3.05, 3.63) is 62.9 Å². The van der Waals surface area contributed by atoms with Crippen LogP contribution < -0.4 is 16.1 Å². The monoisotopic (exact) mass is 303 g/mol. The number of aryl methyl sites for hydroxylation is 1. The van der Waals surface area contributed by atoms with Crippen LogP contribution in [0.5, 0.6) is 0 Å². The summed E-state index contributed by atoms with van der Waals surface area (Å²) in [6, 6.07) is 9.79. The van der Waals surface area contributed by atoms with E-state index < -0.39 is 17.4 Å².